The van der Waals surface area contributed by atoms with Crippen LogP contribution in [0, 0.1) is 12.3 Å². The fourth-order valence-electron chi connectivity index (χ4n) is 1.45. The summed E-state index contributed by atoms with van der Waals surface area (Å²) in [6, 6.07) is 8.59. The SMILES string of the molecule is Cc1ncccc1Oc1ccc(C(=N)N)cc1Cl. The van der Waals surface area contributed by atoms with Gasteiger partial charge in [0.2, 0.25) is 0 Å². The van der Waals surface area contributed by atoms with Gasteiger partial charge in [0.1, 0.15) is 17.3 Å². The number of nitrogens with two attached hydrogens (primary N) is 1. The Morgan fingerprint density at radius 1 is 1.33 bits per heavy atom. The first-order valence-electron chi connectivity index (χ1n) is 5.31. The van der Waals surface area contributed by atoms with Crippen molar-refractivity contribution < 1.29 is 4.74 Å². The van der Waals surface area contributed by atoms with Crippen LogP contribution in [0.3, 0.4) is 0 Å². The minimum Gasteiger partial charge on any atom is -0.454 e. The van der Waals surface area contributed by atoms with Crippen molar-refractivity contribution in [3.05, 3.63) is 52.8 Å². The number of nitrogen functional groups attached to an aromatic ring is 1. The first-order chi connectivity index (χ1) is 8.58. The molecule has 0 radical (unpaired) electrons. The maximum absolute atomic E-state index is 7.33. The molecule has 0 saturated carbocycles. The summed E-state index contributed by atoms with van der Waals surface area (Å²) in [7, 11) is 0. The molecule has 0 amide bonds. The predicted molar refractivity (Wildman–Crippen MR) is 71.5 cm³/mol. The van der Waals surface area contributed by atoms with Crippen LogP contribution in [-0.4, -0.2) is 10.8 Å². The monoisotopic (exact) mass is 261 g/mol. The van der Waals surface area contributed by atoms with Crippen molar-refractivity contribution in [1.29, 1.82) is 5.41 Å². The Hall–Kier alpha value is -2.07. The lowest BCUT2D eigenvalue weighted by molar-refractivity contribution is 0.476. The van der Waals surface area contributed by atoms with Gasteiger partial charge >= 0.3 is 0 Å². The fourth-order valence-corrected chi connectivity index (χ4v) is 1.67. The number of benzene rings is 1. The zero-order valence-electron chi connectivity index (χ0n) is 9.77. The van der Waals surface area contributed by atoms with E-state index in [9.17, 15) is 0 Å². The maximum Gasteiger partial charge on any atom is 0.148 e. The predicted octanol–water partition coefficient (Wildman–Crippen LogP) is 3.12. The van der Waals surface area contributed by atoms with Gasteiger partial charge in [0, 0.05) is 11.8 Å². The summed E-state index contributed by atoms with van der Waals surface area (Å²) in [5.41, 5.74) is 6.73. The zero-order valence-corrected chi connectivity index (χ0v) is 10.5. The number of ether oxygens (including phenoxy) is 1. The number of halogens is 1. The number of amidine groups is 1. The smallest absolute Gasteiger partial charge is 0.148 e. The molecule has 3 N–H and O–H groups in total. The third-order valence-electron chi connectivity index (χ3n) is 2.42. The van der Waals surface area contributed by atoms with Crippen LogP contribution < -0.4 is 10.5 Å². The Bertz CT molecular complexity index is 599. The van der Waals surface area contributed by atoms with Crippen molar-refractivity contribution in [2.75, 3.05) is 0 Å². The van der Waals surface area contributed by atoms with Gasteiger partial charge in [-0.25, -0.2) is 0 Å². The molecule has 0 atom stereocenters. The second-order valence-electron chi connectivity index (χ2n) is 3.75. The lowest BCUT2D eigenvalue weighted by Gasteiger charge is -2.10. The number of hydrogen-bond donors (Lipinski definition) is 2. The van der Waals surface area contributed by atoms with Gasteiger partial charge < -0.3 is 10.5 Å². The van der Waals surface area contributed by atoms with Gasteiger partial charge in [-0.1, -0.05) is 11.6 Å². The third kappa shape index (κ3) is 2.60. The summed E-state index contributed by atoms with van der Waals surface area (Å²) in [4.78, 5) is 4.13. The maximum atomic E-state index is 7.33. The molecule has 0 fully saturated rings. The van der Waals surface area contributed by atoms with E-state index in [1.165, 1.54) is 0 Å². The first-order valence-corrected chi connectivity index (χ1v) is 5.69. The molecule has 0 aliphatic carbocycles. The van der Waals surface area contributed by atoms with Crippen LogP contribution in [0.5, 0.6) is 11.5 Å². The molecule has 1 aromatic carbocycles. The van der Waals surface area contributed by atoms with Crippen LogP contribution in [0.2, 0.25) is 5.02 Å². The van der Waals surface area contributed by atoms with E-state index in [0.29, 0.717) is 22.1 Å². The Balaban J connectivity index is 2.30. The van der Waals surface area contributed by atoms with Crippen molar-refractivity contribution in [3.8, 4) is 11.5 Å². The van der Waals surface area contributed by atoms with Crippen LogP contribution >= 0.6 is 11.6 Å². The van der Waals surface area contributed by atoms with Crippen molar-refractivity contribution in [3.63, 3.8) is 0 Å². The number of aromatic nitrogens is 1. The van der Waals surface area contributed by atoms with Gasteiger partial charge in [0.05, 0.1) is 10.7 Å². The van der Waals surface area contributed by atoms with Gasteiger partial charge in [-0.2, -0.15) is 0 Å². The molecule has 0 aliphatic heterocycles. The average Bonchev–Trinajstić information content (AvgIpc) is 2.34. The summed E-state index contributed by atoms with van der Waals surface area (Å²) < 4.78 is 5.67. The number of nitrogens with one attached hydrogen (secondary N) is 1. The number of hydrogen-bond acceptors (Lipinski definition) is 3. The summed E-state index contributed by atoms with van der Waals surface area (Å²) >= 11 is 6.08. The van der Waals surface area contributed by atoms with E-state index in [0.717, 1.165) is 5.69 Å². The fraction of sp³-hybridized carbons (Fsp3) is 0.0769. The molecule has 2 aromatic rings. The third-order valence-corrected chi connectivity index (χ3v) is 2.72. The van der Waals surface area contributed by atoms with Crippen molar-refractivity contribution in [2.45, 2.75) is 6.92 Å². The summed E-state index contributed by atoms with van der Waals surface area (Å²) in [6.45, 7) is 1.85. The van der Waals surface area contributed by atoms with Crippen LogP contribution in [0.15, 0.2) is 36.5 Å². The van der Waals surface area contributed by atoms with E-state index in [2.05, 4.69) is 4.98 Å². The second-order valence-corrected chi connectivity index (χ2v) is 4.16. The number of aryl methyl sites for hydroxylation is 1. The van der Waals surface area contributed by atoms with Crippen LogP contribution in [-0.2, 0) is 0 Å². The molecular formula is C13H12ClN3O. The molecule has 0 unspecified atom stereocenters. The van der Waals surface area contributed by atoms with E-state index in [1.54, 1.807) is 30.5 Å². The van der Waals surface area contributed by atoms with Gasteiger partial charge in [0.15, 0.2) is 0 Å². The van der Waals surface area contributed by atoms with E-state index in [1.807, 2.05) is 13.0 Å². The van der Waals surface area contributed by atoms with Gasteiger partial charge in [0.25, 0.3) is 0 Å². The zero-order chi connectivity index (χ0) is 13.1. The summed E-state index contributed by atoms with van der Waals surface area (Å²) in [5.74, 6) is 1.13. The molecular weight excluding hydrogens is 250 g/mol. The van der Waals surface area contributed by atoms with E-state index < -0.39 is 0 Å². The molecule has 1 aromatic heterocycles. The Morgan fingerprint density at radius 3 is 2.72 bits per heavy atom. The topological polar surface area (TPSA) is 72.0 Å². The second kappa shape index (κ2) is 5.06. The average molecular weight is 262 g/mol. The van der Waals surface area contributed by atoms with E-state index in [-0.39, 0.29) is 5.84 Å². The van der Waals surface area contributed by atoms with E-state index >= 15 is 0 Å². The first kappa shape index (κ1) is 12.4. The normalized spacial score (nSPS) is 10.1. The molecule has 92 valence electrons. The minimum atomic E-state index is -0.0268. The number of nitrogens with zero attached hydrogens (tertiary/aromatic N) is 1. The summed E-state index contributed by atoms with van der Waals surface area (Å²) in [5, 5.41) is 7.73. The van der Waals surface area contributed by atoms with Crippen LogP contribution in [0.25, 0.3) is 0 Å². The molecule has 2 rings (SSSR count). The van der Waals surface area contributed by atoms with Crippen LogP contribution in [0.1, 0.15) is 11.3 Å². The summed E-state index contributed by atoms with van der Waals surface area (Å²) in [6.07, 6.45) is 1.70. The quantitative estimate of drug-likeness (QED) is 0.659. The lowest BCUT2D eigenvalue weighted by atomic mass is 10.2. The standard InChI is InChI=1S/C13H12ClN3O/c1-8-11(3-2-6-17-8)18-12-5-4-9(13(15)16)7-10(12)14/h2-7H,1H3,(H3,15,16). The molecule has 4 nitrogen and oxygen atoms in total. The Labute approximate surface area is 110 Å². The molecule has 18 heavy (non-hydrogen) atoms. The van der Waals surface area contributed by atoms with E-state index in [4.69, 9.17) is 27.5 Å². The molecule has 1 heterocycles. The number of pyridine rings is 1. The molecule has 5 heteroatoms. The highest BCUT2D eigenvalue weighted by Gasteiger charge is 2.07. The molecule has 0 aliphatic rings. The van der Waals surface area contributed by atoms with Crippen molar-refractivity contribution in [1.82, 2.24) is 4.98 Å². The van der Waals surface area contributed by atoms with Crippen molar-refractivity contribution >= 4 is 17.4 Å². The molecule has 0 spiro atoms. The highest BCUT2D eigenvalue weighted by atomic mass is 35.5. The van der Waals surface area contributed by atoms with Gasteiger partial charge in [-0.05, 0) is 37.3 Å². The Kier molecular flexibility index (Phi) is 3.48. The van der Waals surface area contributed by atoms with Gasteiger partial charge in [-0.15, -0.1) is 0 Å². The highest BCUT2D eigenvalue weighted by molar-refractivity contribution is 6.32. The lowest BCUT2D eigenvalue weighted by Crippen LogP contribution is -2.10. The molecule has 0 saturated heterocycles. The molecule has 0 bridgehead atoms. The van der Waals surface area contributed by atoms with Crippen molar-refractivity contribution in [2.24, 2.45) is 5.73 Å². The highest BCUT2D eigenvalue weighted by Crippen LogP contribution is 2.30. The Morgan fingerprint density at radius 2 is 2.11 bits per heavy atom. The van der Waals surface area contributed by atoms with Crippen LogP contribution in [0.4, 0.5) is 0 Å². The minimum absolute atomic E-state index is 0.0268. The number of rotatable bonds is 3. The largest absolute Gasteiger partial charge is 0.454 e. The van der Waals surface area contributed by atoms with Gasteiger partial charge in [-0.3, -0.25) is 10.4 Å².